The summed E-state index contributed by atoms with van der Waals surface area (Å²) >= 11 is 6.01. The number of ketones is 1. The third-order valence-electron chi connectivity index (χ3n) is 4.27. The number of hydrogen-bond acceptors (Lipinski definition) is 7. The standard InChI is InChI=1S/C18H17ClN6O2/c1-25-9-20-18(24-25)11-4-3-5-12(17(11)27-2)21-13-8-14(19)22-23-15(13)16(26)10-6-7-10/h3-5,8-10H,6-7H2,1-2H3,(H,21,22). The summed E-state index contributed by atoms with van der Waals surface area (Å²) in [6.07, 6.45) is 3.38. The van der Waals surface area contributed by atoms with Crippen LogP contribution in [0.4, 0.5) is 11.4 Å². The molecule has 1 fully saturated rings. The molecule has 0 atom stereocenters. The number of benzene rings is 1. The number of aryl methyl sites for hydroxylation is 1. The number of ether oxygens (including phenoxy) is 1. The molecule has 8 nitrogen and oxygen atoms in total. The van der Waals surface area contributed by atoms with E-state index < -0.39 is 0 Å². The van der Waals surface area contributed by atoms with E-state index in [0.717, 1.165) is 18.4 Å². The molecule has 0 amide bonds. The van der Waals surface area contributed by atoms with Crippen molar-refractivity contribution in [2.75, 3.05) is 12.4 Å². The van der Waals surface area contributed by atoms with Crippen LogP contribution in [0.1, 0.15) is 23.3 Å². The van der Waals surface area contributed by atoms with E-state index in [2.05, 4.69) is 25.6 Å². The number of rotatable bonds is 6. The van der Waals surface area contributed by atoms with Gasteiger partial charge in [0.2, 0.25) is 0 Å². The van der Waals surface area contributed by atoms with Crippen LogP contribution in [-0.2, 0) is 7.05 Å². The quantitative estimate of drug-likeness (QED) is 0.651. The van der Waals surface area contributed by atoms with Crippen molar-refractivity contribution >= 4 is 28.8 Å². The molecule has 3 aromatic rings. The maximum Gasteiger partial charge on any atom is 0.188 e. The van der Waals surface area contributed by atoms with E-state index in [1.807, 2.05) is 18.2 Å². The van der Waals surface area contributed by atoms with Gasteiger partial charge in [-0.15, -0.1) is 10.2 Å². The fourth-order valence-electron chi connectivity index (χ4n) is 2.82. The predicted octanol–water partition coefficient (Wildman–Crippen LogP) is 3.27. The normalized spacial score (nSPS) is 13.4. The Hall–Kier alpha value is -3.00. The monoisotopic (exact) mass is 384 g/mol. The number of Topliss-reactive ketones (excluding diaryl/α,β-unsaturated/α-hetero) is 1. The first-order valence-electron chi connectivity index (χ1n) is 8.44. The molecule has 0 bridgehead atoms. The van der Waals surface area contributed by atoms with Gasteiger partial charge in [-0.05, 0) is 25.0 Å². The van der Waals surface area contributed by atoms with Gasteiger partial charge in [-0.25, -0.2) is 4.98 Å². The third kappa shape index (κ3) is 3.48. The van der Waals surface area contributed by atoms with Crippen LogP contribution in [0, 0.1) is 5.92 Å². The number of nitrogens with one attached hydrogen (secondary N) is 1. The minimum absolute atomic E-state index is 0.0203. The van der Waals surface area contributed by atoms with Crippen molar-refractivity contribution in [2.24, 2.45) is 13.0 Å². The Bertz CT molecular complexity index is 1010. The molecular formula is C18H17ClN6O2. The second-order valence-corrected chi connectivity index (χ2v) is 6.71. The molecule has 2 aromatic heterocycles. The molecule has 0 unspecified atom stereocenters. The lowest BCUT2D eigenvalue weighted by Crippen LogP contribution is -2.10. The van der Waals surface area contributed by atoms with Crippen molar-refractivity contribution in [3.05, 3.63) is 41.4 Å². The van der Waals surface area contributed by atoms with Crippen LogP contribution < -0.4 is 10.1 Å². The van der Waals surface area contributed by atoms with Crippen LogP contribution in [-0.4, -0.2) is 37.9 Å². The van der Waals surface area contributed by atoms with Crippen molar-refractivity contribution in [3.63, 3.8) is 0 Å². The number of hydrogen-bond donors (Lipinski definition) is 1. The second kappa shape index (κ2) is 6.96. The summed E-state index contributed by atoms with van der Waals surface area (Å²) in [5.74, 6) is 1.09. The highest BCUT2D eigenvalue weighted by Gasteiger charge is 2.33. The van der Waals surface area contributed by atoms with E-state index in [1.165, 1.54) is 0 Å². The lowest BCUT2D eigenvalue weighted by Gasteiger charge is -2.15. The SMILES string of the molecule is COc1c(Nc2cc(Cl)nnc2C(=O)C2CC2)cccc1-c1ncn(C)n1. The second-order valence-electron chi connectivity index (χ2n) is 6.32. The summed E-state index contributed by atoms with van der Waals surface area (Å²) in [6.45, 7) is 0. The molecule has 1 N–H and O–H groups in total. The van der Waals surface area contributed by atoms with Gasteiger partial charge in [-0.1, -0.05) is 17.7 Å². The Morgan fingerprint density at radius 3 is 2.78 bits per heavy atom. The van der Waals surface area contributed by atoms with Crippen molar-refractivity contribution in [2.45, 2.75) is 12.8 Å². The van der Waals surface area contributed by atoms with Crippen LogP contribution in [0.5, 0.6) is 5.75 Å². The maximum absolute atomic E-state index is 12.5. The zero-order valence-corrected chi connectivity index (χ0v) is 15.6. The predicted molar refractivity (Wildman–Crippen MR) is 100 cm³/mol. The van der Waals surface area contributed by atoms with E-state index in [-0.39, 0.29) is 22.5 Å². The van der Waals surface area contributed by atoms with Crippen LogP contribution in [0.25, 0.3) is 11.4 Å². The van der Waals surface area contributed by atoms with E-state index in [0.29, 0.717) is 22.9 Å². The van der Waals surface area contributed by atoms with Crippen molar-refractivity contribution < 1.29 is 9.53 Å². The van der Waals surface area contributed by atoms with E-state index >= 15 is 0 Å². The van der Waals surface area contributed by atoms with E-state index in [1.54, 1.807) is 31.2 Å². The number of halogens is 1. The summed E-state index contributed by atoms with van der Waals surface area (Å²) in [7, 11) is 3.37. The zero-order chi connectivity index (χ0) is 19.0. The molecule has 0 radical (unpaired) electrons. The molecule has 2 heterocycles. The number of nitrogens with zero attached hydrogens (tertiary/aromatic N) is 5. The Morgan fingerprint density at radius 2 is 2.11 bits per heavy atom. The minimum Gasteiger partial charge on any atom is -0.494 e. The number of carbonyl (C=O) groups is 1. The molecule has 1 aliphatic rings. The molecule has 1 aliphatic carbocycles. The van der Waals surface area contributed by atoms with Gasteiger partial charge in [0.15, 0.2) is 28.2 Å². The molecule has 138 valence electrons. The lowest BCUT2D eigenvalue weighted by molar-refractivity contribution is 0.0962. The van der Waals surface area contributed by atoms with Crippen molar-refractivity contribution in [1.82, 2.24) is 25.0 Å². The highest BCUT2D eigenvalue weighted by atomic mass is 35.5. The van der Waals surface area contributed by atoms with Gasteiger partial charge in [0.05, 0.1) is 24.0 Å². The molecule has 27 heavy (non-hydrogen) atoms. The fraction of sp³-hybridized carbons (Fsp3) is 0.278. The fourth-order valence-corrected chi connectivity index (χ4v) is 2.97. The van der Waals surface area contributed by atoms with E-state index in [4.69, 9.17) is 16.3 Å². The Morgan fingerprint density at radius 1 is 1.30 bits per heavy atom. The van der Waals surface area contributed by atoms with Gasteiger partial charge >= 0.3 is 0 Å². The van der Waals surface area contributed by atoms with Crippen LogP contribution in [0.15, 0.2) is 30.6 Å². The Labute approximate surface area is 160 Å². The van der Waals surface area contributed by atoms with Gasteiger partial charge in [0.25, 0.3) is 0 Å². The van der Waals surface area contributed by atoms with Crippen molar-refractivity contribution in [1.29, 1.82) is 0 Å². The molecule has 0 spiro atoms. The molecule has 1 saturated carbocycles. The molecule has 4 rings (SSSR count). The zero-order valence-electron chi connectivity index (χ0n) is 14.8. The van der Waals surface area contributed by atoms with Gasteiger partial charge < -0.3 is 10.1 Å². The number of methoxy groups -OCH3 is 1. The third-order valence-corrected chi connectivity index (χ3v) is 4.46. The van der Waals surface area contributed by atoms with Gasteiger partial charge in [0, 0.05) is 19.0 Å². The van der Waals surface area contributed by atoms with Crippen LogP contribution in [0.3, 0.4) is 0 Å². The molecule has 0 aliphatic heterocycles. The van der Waals surface area contributed by atoms with Crippen LogP contribution in [0.2, 0.25) is 5.15 Å². The molecule has 1 aromatic carbocycles. The molecule has 0 saturated heterocycles. The van der Waals surface area contributed by atoms with Crippen molar-refractivity contribution in [3.8, 4) is 17.1 Å². The first kappa shape index (κ1) is 17.4. The summed E-state index contributed by atoms with van der Waals surface area (Å²) in [5, 5.41) is 15.6. The average molecular weight is 385 g/mol. The number of aromatic nitrogens is 5. The highest BCUT2D eigenvalue weighted by Crippen LogP contribution is 2.38. The number of carbonyl (C=O) groups excluding carboxylic acids is 1. The molecular weight excluding hydrogens is 368 g/mol. The summed E-state index contributed by atoms with van der Waals surface area (Å²) in [6, 6.07) is 7.16. The Kier molecular flexibility index (Phi) is 4.49. The topological polar surface area (TPSA) is 94.8 Å². The van der Waals surface area contributed by atoms with Gasteiger partial charge in [-0.2, -0.15) is 5.10 Å². The average Bonchev–Trinajstić information content (AvgIpc) is 3.42. The Balaban J connectivity index is 1.75. The highest BCUT2D eigenvalue weighted by molar-refractivity contribution is 6.29. The lowest BCUT2D eigenvalue weighted by atomic mass is 10.1. The smallest absolute Gasteiger partial charge is 0.188 e. The first-order chi connectivity index (χ1) is 13.1. The van der Waals surface area contributed by atoms with Crippen LogP contribution >= 0.6 is 11.6 Å². The molecule has 9 heteroatoms. The first-order valence-corrected chi connectivity index (χ1v) is 8.82. The number of anilines is 2. The number of para-hydroxylation sites is 1. The van der Waals surface area contributed by atoms with Gasteiger partial charge in [-0.3, -0.25) is 9.48 Å². The summed E-state index contributed by atoms with van der Waals surface area (Å²) < 4.78 is 7.22. The van der Waals surface area contributed by atoms with Gasteiger partial charge in [0.1, 0.15) is 6.33 Å². The largest absolute Gasteiger partial charge is 0.494 e. The van der Waals surface area contributed by atoms with E-state index in [9.17, 15) is 4.79 Å². The maximum atomic E-state index is 12.5. The summed E-state index contributed by atoms with van der Waals surface area (Å²) in [4.78, 5) is 16.8. The minimum atomic E-state index is -0.0248. The summed E-state index contributed by atoms with van der Waals surface area (Å²) in [5.41, 5.74) is 2.16.